The van der Waals surface area contributed by atoms with Crippen molar-refractivity contribution in [1.29, 1.82) is 0 Å². The Morgan fingerprint density at radius 3 is 2.56 bits per heavy atom. The van der Waals surface area contributed by atoms with E-state index in [9.17, 15) is 13.2 Å². The molecule has 0 radical (unpaired) electrons. The summed E-state index contributed by atoms with van der Waals surface area (Å²) in [4.78, 5) is 19.7. The highest BCUT2D eigenvalue weighted by molar-refractivity contribution is 7.92. The van der Waals surface area contributed by atoms with Crippen LogP contribution in [-0.2, 0) is 21.8 Å². The molecule has 1 amide bonds. The highest BCUT2D eigenvalue weighted by Gasteiger charge is 2.21. The molecule has 1 saturated heterocycles. The van der Waals surface area contributed by atoms with Crippen LogP contribution in [0.5, 0.6) is 0 Å². The lowest BCUT2D eigenvalue weighted by Gasteiger charge is -2.28. The third-order valence-corrected chi connectivity index (χ3v) is 6.00. The summed E-state index contributed by atoms with van der Waals surface area (Å²) in [5.74, 6) is 0.559. The normalized spacial score (nSPS) is 14.6. The van der Waals surface area contributed by atoms with E-state index in [2.05, 4.69) is 25.0 Å². The summed E-state index contributed by atoms with van der Waals surface area (Å²) < 4.78 is 32.6. The maximum absolute atomic E-state index is 13.0. The lowest BCUT2D eigenvalue weighted by Crippen LogP contribution is -2.36. The fraction of sp³-hybridized carbons (Fsp3) is 0.350. The second-order valence-electron chi connectivity index (χ2n) is 7.52. The Labute approximate surface area is 190 Å². The van der Waals surface area contributed by atoms with Gasteiger partial charge in [-0.25, -0.2) is 13.4 Å². The highest BCUT2D eigenvalue weighted by atomic mass is 35.5. The predicted molar refractivity (Wildman–Crippen MR) is 124 cm³/mol. The Balaban J connectivity index is 1.65. The number of pyridine rings is 1. The van der Waals surface area contributed by atoms with Crippen LogP contribution in [-0.4, -0.2) is 61.6 Å². The number of rotatable bonds is 5. The number of amides is 1. The van der Waals surface area contributed by atoms with E-state index >= 15 is 0 Å². The molecule has 12 heteroatoms. The minimum atomic E-state index is -3.56. The SMILES string of the molecule is Cc1nc(N2CCOCC2)ccc1C(=O)Nc1ccc(Cl)c2c(NS(C)(=O)=O)nn(C)c12. The van der Waals surface area contributed by atoms with Gasteiger partial charge in [-0.2, -0.15) is 5.10 Å². The molecule has 1 aliphatic heterocycles. The maximum Gasteiger partial charge on any atom is 0.257 e. The number of fused-ring (bicyclic) bond motifs is 1. The summed E-state index contributed by atoms with van der Waals surface area (Å²) in [5, 5.41) is 7.80. The highest BCUT2D eigenvalue weighted by Crippen LogP contribution is 2.35. The van der Waals surface area contributed by atoms with Crippen molar-refractivity contribution in [3.63, 3.8) is 0 Å². The average Bonchev–Trinajstić information content (AvgIpc) is 3.05. The van der Waals surface area contributed by atoms with E-state index in [1.54, 1.807) is 32.2 Å². The molecule has 4 rings (SSSR count). The second-order valence-corrected chi connectivity index (χ2v) is 9.68. The van der Waals surface area contributed by atoms with Crippen molar-refractivity contribution in [3.05, 3.63) is 40.5 Å². The van der Waals surface area contributed by atoms with Crippen molar-refractivity contribution >= 4 is 55.8 Å². The van der Waals surface area contributed by atoms with Gasteiger partial charge in [0.25, 0.3) is 5.91 Å². The smallest absolute Gasteiger partial charge is 0.257 e. The number of nitrogens with one attached hydrogen (secondary N) is 2. The van der Waals surface area contributed by atoms with Gasteiger partial charge < -0.3 is 15.0 Å². The number of halogens is 1. The van der Waals surface area contributed by atoms with E-state index in [1.165, 1.54) is 4.68 Å². The molecule has 32 heavy (non-hydrogen) atoms. The molecule has 3 heterocycles. The van der Waals surface area contributed by atoms with E-state index in [1.807, 2.05) is 6.07 Å². The monoisotopic (exact) mass is 478 g/mol. The molecular formula is C20H23ClN6O4S. The number of hydrogen-bond donors (Lipinski definition) is 2. The summed E-state index contributed by atoms with van der Waals surface area (Å²) in [5.41, 5.74) is 1.97. The predicted octanol–water partition coefficient (Wildman–Crippen LogP) is 2.39. The van der Waals surface area contributed by atoms with Gasteiger partial charge in [-0.15, -0.1) is 0 Å². The van der Waals surface area contributed by atoms with Crippen molar-refractivity contribution < 1.29 is 17.9 Å². The molecule has 0 aliphatic carbocycles. The number of ether oxygens (including phenoxy) is 1. The second kappa shape index (κ2) is 8.57. The third-order valence-electron chi connectivity index (χ3n) is 5.12. The first kappa shape index (κ1) is 22.3. The van der Waals surface area contributed by atoms with E-state index in [0.717, 1.165) is 25.2 Å². The molecule has 0 spiro atoms. The first-order chi connectivity index (χ1) is 15.1. The van der Waals surface area contributed by atoms with Crippen LogP contribution in [0.15, 0.2) is 24.3 Å². The summed E-state index contributed by atoms with van der Waals surface area (Å²) in [6, 6.07) is 6.80. The molecule has 1 aliphatic rings. The number of carbonyl (C=O) groups excluding carboxylic acids is 1. The largest absolute Gasteiger partial charge is 0.378 e. The van der Waals surface area contributed by atoms with Crippen LogP contribution >= 0.6 is 11.6 Å². The zero-order valence-corrected chi connectivity index (χ0v) is 19.4. The van der Waals surface area contributed by atoms with Crippen LogP contribution in [0.25, 0.3) is 10.9 Å². The first-order valence-corrected chi connectivity index (χ1v) is 12.2. The molecule has 170 valence electrons. The lowest BCUT2D eigenvalue weighted by molar-refractivity contribution is 0.102. The van der Waals surface area contributed by atoms with Gasteiger partial charge in [0.15, 0.2) is 5.82 Å². The first-order valence-electron chi connectivity index (χ1n) is 9.89. The number of anilines is 3. The zero-order chi connectivity index (χ0) is 23.0. The number of sulfonamides is 1. The number of aryl methyl sites for hydroxylation is 2. The Bertz CT molecular complexity index is 1300. The van der Waals surface area contributed by atoms with E-state index < -0.39 is 10.0 Å². The Morgan fingerprint density at radius 1 is 1.19 bits per heavy atom. The molecule has 1 aromatic carbocycles. The quantitative estimate of drug-likeness (QED) is 0.578. The van der Waals surface area contributed by atoms with Crippen molar-refractivity contribution in [1.82, 2.24) is 14.8 Å². The van der Waals surface area contributed by atoms with Crippen LogP contribution in [0.1, 0.15) is 16.1 Å². The minimum absolute atomic E-state index is 0.0961. The molecule has 0 bridgehead atoms. The standard InChI is InChI=1S/C20H23ClN6O4S/c1-12-13(4-7-16(22-12)27-8-10-31-11-9-27)20(28)23-15-6-5-14(21)17-18(15)26(2)24-19(17)25-32(3,29)30/h4-7H,8-11H2,1-3H3,(H,23,28)(H,24,25). The number of morpholine rings is 1. The third kappa shape index (κ3) is 4.50. The Morgan fingerprint density at radius 2 is 1.91 bits per heavy atom. The van der Waals surface area contributed by atoms with E-state index in [4.69, 9.17) is 16.3 Å². The van der Waals surface area contributed by atoms with Crippen molar-refractivity contribution in [3.8, 4) is 0 Å². The van der Waals surface area contributed by atoms with Crippen LogP contribution < -0.4 is 14.9 Å². The van der Waals surface area contributed by atoms with Gasteiger partial charge in [-0.05, 0) is 31.2 Å². The minimum Gasteiger partial charge on any atom is -0.378 e. The zero-order valence-electron chi connectivity index (χ0n) is 17.8. The molecule has 0 saturated carbocycles. The number of hydrogen-bond acceptors (Lipinski definition) is 7. The molecule has 3 aromatic rings. The van der Waals surface area contributed by atoms with Crippen molar-refractivity contribution in [2.45, 2.75) is 6.92 Å². The summed E-state index contributed by atoms with van der Waals surface area (Å²) in [6.07, 6.45) is 1.03. The van der Waals surface area contributed by atoms with Crippen LogP contribution in [0.2, 0.25) is 5.02 Å². The summed E-state index contributed by atoms with van der Waals surface area (Å²) in [7, 11) is -1.92. The Hall–Kier alpha value is -2.89. The van der Waals surface area contributed by atoms with Gasteiger partial charge in [-0.1, -0.05) is 11.6 Å². The molecule has 0 unspecified atom stereocenters. The van der Waals surface area contributed by atoms with Crippen molar-refractivity contribution in [2.75, 3.05) is 47.5 Å². The van der Waals surface area contributed by atoms with Gasteiger partial charge in [-0.3, -0.25) is 14.2 Å². The molecule has 2 N–H and O–H groups in total. The maximum atomic E-state index is 13.0. The average molecular weight is 479 g/mol. The molecule has 0 atom stereocenters. The molecule has 10 nitrogen and oxygen atoms in total. The molecular weight excluding hydrogens is 456 g/mol. The van der Waals surface area contributed by atoms with E-state index in [0.29, 0.717) is 46.1 Å². The molecule has 2 aromatic heterocycles. The van der Waals surface area contributed by atoms with Gasteiger partial charge >= 0.3 is 0 Å². The van der Waals surface area contributed by atoms with Gasteiger partial charge in [0.05, 0.1) is 52.3 Å². The number of benzene rings is 1. The summed E-state index contributed by atoms with van der Waals surface area (Å²) in [6.45, 7) is 4.59. The fourth-order valence-electron chi connectivity index (χ4n) is 3.67. The Kier molecular flexibility index (Phi) is 5.97. The summed E-state index contributed by atoms with van der Waals surface area (Å²) >= 11 is 6.32. The van der Waals surface area contributed by atoms with Gasteiger partial charge in [0, 0.05) is 20.1 Å². The number of carbonyl (C=O) groups is 1. The molecule has 1 fully saturated rings. The van der Waals surface area contributed by atoms with Gasteiger partial charge in [0.2, 0.25) is 10.0 Å². The van der Waals surface area contributed by atoms with Crippen LogP contribution in [0, 0.1) is 6.92 Å². The van der Waals surface area contributed by atoms with Crippen LogP contribution in [0.3, 0.4) is 0 Å². The van der Waals surface area contributed by atoms with E-state index in [-0.39, 0.29) is 11.7 Å². The topological polar surface area (TPSA) is 118 Å². The van der Waals surface area contributed by atoms with Crippen molar-refractivity contribution in [2.24, 2.45) is 7.05 Å². The number of nitrogens with zero attached hydrogens (tertiary/aromatic N) is 4. The van der Waals surface area contributed by atoms with Gasteiger partial charge in [0.1, 0.15) is 5.82 Å². The van der Waals surface area contributed by atoms with Crippen LogP contribution in [0.4, 0.5) is 17.3 Å². The lowest BCUT2D eigenvalue weighted by atomic mass is 10.1. The number of aromatic nitrogens is 3. The fourth-order valence-corrected chi connectivity index (χ4v) is 4.41.